The summed E-state index contributed by atoms with van der Waals surface area (Å²) in [5, 5.41) is 12.2. The predicted molar refractivity (Wildman–Crippen MR) is 74.9 cm³/mol. The molecule has 0 heterocycles. The summed E-state index contributed by atoms with van der Waals surface area (Å²) in [6, 6.07) is 9.61. The number of amides is 1. The summed E-state index contributed by atoms with van der Waals surface area (Å²) in [4.78, 5) is 11.7. The summed E-state index contributed by atoms with van der Waals surface area (Å²) in [5.74, 6) is -0.0327. The van der Waals surface area contributed by atoms with E-state index in [2.05, 4.69) is 5.32 Å². The minimum absolute atomic E-state index is 0.0327. The van der Waals surface area contributed by atoms with Crippen molar-refractivity contribution in [3.8, 4) is 0 Å². The van der Waals surface area contributed by atoms with Crippen molar-refractivity contribution in [1.29, 1.82) is 0 Å². The maximum absolute atomic E-state index is 11.7. The zero-order valence-corrected chi connectivity index (χ0v) is 11.5. The molecule has 19 heavy (non-hydrogen) atoms. The summed E-state index contributed by atoms with van der Waals surface area (Å²) in [6.07, 6.45) is 1.79. The molecule has 0 aliphatic carbocycles. The first-order chi connectivity index (χ1) is 9.26. The molecule has 1 atom stereocenters. The fourth-order valence-electron chi connectivity index (χ4n) is 1.84. The van der Waals surface area contributed by atoms with Crippen molar-refractivity contribution in [3.05, 3.63) is 35.9 Å². The van der Waals surface area contributed by atoms with Gasteiger partial charge in [-0.25, -0.2) is 0 Å². The normalized spacial score (nSPS) is 12.1. The van der Waals surface area contributed by atoms with Crippen LogP contribution >= 0.6 is 0 Å². The van der Waals surface area contributed by atoms with E-state index in [0.717, 1.165) is 5.56 Å². The predicted octanol–water partition coefficient (Wildman–Crippen LogP) is 1.52. The van der Waals surface area contributed by atoms with Crippen LogP contribution in [0.2, 0.25) is 0 Å². The molecule has 0 bridgehead atoms. The Morgan fingerprint density at radius 1 is 1.37 bits per heavy atom. The Morgan fingerprint density at radius 2 is 2.11 bits per heavy atom. The van der Waals surface area contributed by atoms with Gasteiger partial charge in [0.2, 0.25) is 5.91 Å². The molecule has 4 heteroatoms. The van der Waals surface area contributed by atoms with Crippen molar-refractivity contribution in [3.63, 3.8) is 0 Å². The lowest BCUT2D eigenvalue weighted by atomic mass is 10.1. The smallest absolute Gasteiger partial charge is 0.220 e. The van der Waals surface area contributed by atoms with Crippen molar-refractivity contribution in [2.45, 2.75) is 32.2 Å². The Morgan fingerprint density at radius 3 is 2.74 bits per heavy atom. The van der Waals surface area contributed by atoms with Crippen LogP contribution in [0, 0.1) is 0 Å². The maximum atomic E-state index is 11.7. The first kappa shape index (κ1) is 15.7. The average molecular weight is 265 g/mol. The number of ether oxygens (including phenoxy) is 1. The number of rotatable bonds is 9. The zero-order chi connectivity index (χ0) is 13.9. The molecule has 0 fully saturated rings. The molecule has 1 aromatic carbocycles. The van der Waals surface area contributed by atoms with Gasteiger partial charge in [0.1, 0.15) is 0 Å². The molecular weight excluding hydrogens is 242 g/mol. The van der Waals surface area contributed by atoms with Gasteiger partial charge in [-0.15, -0.1) is 0 Å². The number of hydrogen-bond donors (Lipinski definition) is 2. The molecule has 0 aliphatic heterocycles. The van der Waals surface area contributed by atoms with Crippen molar-refractivity contribution < 1.29 is 14.6 Å². The van der Waals surface area contributed by atoms with E-state index in [1.165, 1.54) is 0 Å². The lowest BCUT2D eigenvalue weighted by Crippen LogP contribution is -2.39. The Labute approximate surface area is 114 Å². The second-order valence-corrected chi connectivity index (χ2v) is 4.44. The van der Waals surface area contributed by atoms with Gasteiger partial charge >= 0.3 is 0 Å². The third-order valence-corrected chi connectivity index (χ3v) is 2.81. The van der Waals surface area contributed by atoms with Crippen LogP contribution in [-0.2, 0) is 16.0 Å². The minimum atomic E-state index is -0.220. The molecule has 1 aromatic rings. The summed E-state index contributed by atoms with van der Waals surface area (Å²) >= 11 is 0. The molecule has 0 aromatic heterocycles. The van der Waals surface area contributed by atoms with E-state index in [0.29, 0.717) is 32.5 Å². The number of aliphatic hydroxyl groups excluding tert-OH is 1. The first-order valence-corrected chi connectivity index (χ1v) is 6.78. The van der Waals surface area contributed by atoms with Crippen LogP contribution in [0.5, 0.6) is 0 Å². The van der Waals surface area contributed by atoms with Crippen LogP contribution in [-0.4, -0.2) is 36.9 Å². The van der Waals surface area contributed by atoms with Gasteiger partial charge in [0, 0.05) is 19.6 Å². The van der Waals surface area contributed by atoms with E-state index in [4.69, 9.17) is 4.74 Å². The van der Waals surface area contributed by atoms with Crippen molar-refractivity contribution >= 4 is 5.91 Å². The van der Waals surface area contributed by atoms with E-state index in [1.807, 2.05) is 37.3 Å². The maximum Gasteiger partial charge on any atom is 0.220 e. The van der Waals surface area contributed by atoms with Crippen molar-refractivity contribution in [2.75, 3.05) is 19.8 Å². The largest absolute Gasteiger partial charge is 0.394 e. The second-order valence-electron chi connectivity index (χ2n) is 4.44. The Balaban J connectivity index is 2.29. The van der Waals surface area contributed by atoms with E-state index in [9.17, 15) is 9.90 Å². The molecule has 0 aliphatic rings. The third-order valence-electron chi connectivity index (χ3n) is 2.81. The topological polar surface area (TPSA) is 58.6 Å². The van der Waals surface area contributed by atoms with E-state index < -0.39 is 0 Å². The van der Waals surface area contributed by atoms with Crippen LogP contribution in [0.1, 0.15) is 25.3 Å². The van der Waals surface area contributed by atoms with Crippen molar-refractivity contribution in [1.82, 2.24) is 5.32 Å². The van der Waals surface area contributed by atoms with E-state index >= 15 is 0 Å². The molecule has 106 valence electrons. The number of aliphatic hydroxyl groups is 1. The van der Waals surface area contributed by atoms with Crippen LogP contribution in [0.25, 0.3) is 0 Å². The number of hydrogen-bond acceptors (Lipinski definition) is 3. The average Bonchev–Trinajstić information content (AvgIpc) is 2.44. The highest BCUT2D eigenvalue weighted by atomic mass is 16.5. The highest BCUT2D eigenvalue weighted by molar-refractivity contribution is 5.76. The summed E-state index contributed by atoms with van der Waals surface area (Å²) < 4.78 is 5.18. The van der Waals surface area contributed by atoms with Gasteiger partial charge in [-0.1, -0.05) is 30.3 Å². The van der Waals surface area contributed by atoms with Crippen molar-refractivity contribution in [2.24, 2.45) is 0 Å². The molecular formula is C15H23NO3. The Bertz CT molecular complexity index is 354. The minimum Gasteiger partial charge on any atom is -0.394 e. The molecule has 4 nitrogen and oxygen atoms in total. The standard InChI is InChI=1S/C15H23NO3/c1-2-19-10-6-9-15(18)16-14(12-17)11-13-7-4-3-5-8-13/h3-5,7-8,14,17H,2,6,9-12H2,1H3,(H,16,18)/t14-/m0/s1. The highest BCUT2D eigenvalue weighted by Gasteiger charge is 2.11. The molecule has 2 N–H and O–H groups in total. The number of nitrogens with one attached hydrogen (secondary N) is 1. The fraction of sp³-hybridized carbons (Fsp3) is 0.533. The van der Waals surface area contributed by atoms with Gasteiger partial charge in [0.05, 0.1) is 12.6 Å². The summed E-state index contributed by atoms with van der Waals surface area (Å²) in [7, 11) is 0. The van der Waals surface area contributed by atoms with E-state index in [1.54, 1.807) is 0 Å². The zero-order valence-electron chi connectivity index (χ0n) is 11.5. The molecule has 1 rings (SSSR count). The summed E-state index contributed by atoms with van der Waals surface area (Å²) in [6.45, 7) is 3.16. The highest BCUT2D eigenvalue weighted by Crippen LogP contribution is 2.03. The Hall–Kier alpha value is -1.39. The fourth-order valence-corrected chi connectivity index (χ4v) is 1.84. The SMILES string of the molecule is CCOCCCC(=O)N[C@H](CO)Cc1ccccc1. The number of carbonyl (C=O) groups is 1. The molecule has 0 unspecified atom stereocenters. The Kier molecular flexibility index (Phi) is 7.86. The van der Waals surface area contributed by atoms with E-state index in [-0.39, 0.29) is 18.6 Å². The number of benzene rings is 1. The monoisotopic (exact) mass is 265 g/mol. The first-order valence-electron chi connectivity index (χ1n) is 6.78. The van der Waals surface area contributed by atoms with Gasteiger partial charge in [-0.05, 0) is 25.3 Å². The lowest BCUT2D eigenvalue weighted by molar-refractivity contribution is -0.122. The van der Waals surface area contributed by atoms with Gasteiger partial charge < -0.3 is 15.2 Å². The third kappa shape index (κ3) is 6.94. The molecule has 0 spiro atoms. The lowest BCUT2D eigenvalue weighted by Gasteiger charge is -2.16. The molecule has 0 radical (unpaired) electrons. The van der Waals surface area contributed by atoms with Crippen LogP contribution in [0.15, 0.2) is 30.3 Å². The molecule has 0 saturated heterocycles. The quantitative estimate of drug-likeness (QED) is 0.666. The van der Waals surface area contributed by atoms with Gasteiger partial charge in [-0.3, -0.25) is 4.79 Å². The molecule has 1 amide bonds. The van der Waals surface area contributed by atoms with Crippen LogP contribution in [0.4, 0.5) is 0 Å². The van der Waals surface area contributed by atoms with Gasteiger partial charge in [0.15, 0.2) is 0 Å². The second kappa shape index (κ2) is 9.53. The van der Waals surface area contributed by atoms with Gasteiger partial charge in [0.25, 0.3) is 0 Å². The van der Waals surface area contributed by atoms with Crippen LogP contribution in [0.3, 0.4) is 0 Å². The summed E-state index contributed by atoms with van der Waals surface area (Å²) in [5.41, 5.74) is 1.11. The number of carbonyl (C=O) groups excluding carboxylic acids is 1. The molecule has 0 saturated carbocycles. The van der Waals surface area contributed by atoms with Crippen LogP contribution < -0.4 is 5.32 Å². The van der Waals surface area contributed by atoms with Gasteiger partial charge in [-0.2, -0.15) is 0 Å².